The van der Waals surface area contributed by atoms with Crippen LogP contribution >= 0.6 is 11.6 Å². The number of benzene rings is 1. The smallest absolute Gasteiger partial charge is 0.265 e. The highest BCUT2D eigenvalue weighted by molar-refractivity contribution is 7.92. The summed E-state index contributed by atoms with van der Waals surface area (Å²) >= 11 is 5.91. The molecule has 1 unspecified atom stereocenters. The molecule has 0 spiro atoms. The molecule has 26 heavy (non-hydrogen) atoms. The van der Waals surface area contributed by atoms with Gasteiger partial charge in [0.2, 0.25) is 0 Å². The van der Waals surface area contributed by atoms with Gasteiger partial charge in [0.25, 0.3) is 10.0 Å². The normalized spacial score (nSPS) is 17.1. The third kappa shape index (κ3) is 4.57. The highest BCUT2D eigenvalue weighted by Crippen LogP contribution is 2.28. The highest BCUT2D eigenvalue weighted by Gasteiger charge is 2.20. The Kier molecular flexibility index (Phi) is 5.85. The van der Waals surface area contributed by atoms with Crippen LogP contribution in [-0.2, 0) is 14.8 Å². The van der Waals surface area contributed by atoms with Gasteiger partial charge in [-0.05, 0) is 43.2 Å². The Bertz CT molecular complexity index is 853. The standard InChI is InChI=1S/C17H20ClN3O4S/c1-24-15-6-4-12(18)9-16(15)26(22,23)21-13-5-7-17(19-10-13)20-11-14-3-2-8-25-14/h4-7,9-10,14,21H,2-3,8,11H2,1H3,(H,19,20). The molecular weight excluding hydrogens is 378 g/mol. The Hall–Kier alpha value is -2.03. The number of anilines is 2. The van der Waals surface area contributed by atoms with Crippen molar-refractivity contribution in [2.45, 2.75) is 23.8 Å². The number of ether oxygens (including phenoxy) is 2. The Labute approximate surface area is 157 Å². The van der Waals surface area contributed by atoms with Crippen LogP contribution in [0.15, 0.2) is 41.4 Å². The Morgan fingerprint density at radius 3 is 2.85 bits per heavy atom. The fraction of sp³-hybridized carbons (Fsp3) is 0.353. The summed E-state index contributed by atoms with van der Waals surface area (Å²) in [6.45, 7) is 1.48. The van der Waals surface area contributed by atoms with Crippen LogP contribution in [0.5, 0.6) is 5.75 Å². The predicted octanol–water partition coefficient (Wildman–Crippen LogP) is 3.14. The van der Waals surface area contributed by atoms with Crippen molar-refractivity contribution in [1.82, 2.24) is 4.98 Å². The zero-order valence-electron chi connectivity index (χ0n) is 14.2. The molecule has 1 aromatic heterocycles. The van der Waals surface area contributed by atoms with Gasteiger partial charge in [0.1, 0.15) is 16.5 Å². The van der Waals surface area contributed by atoms with Crippen LogP contribution in [-0.4, -0.2) is 39.8 Å². The van der Waals surface area contributed by atoms with E-state index in [2.05, 4.69) is 15.0 Å². The Morgan fingerprint density at radius 1 is 1.35 bits per heavy atom. The molecule has 1 saturated heterocycles. The Morgan fingerprint density at radius 2 is 2.19 bits per heavy atom. The molecule has 9 heteroatoms. The van der Waals surface area contributed by atoms with E-state index in [4.69, 9.17) is 21.1 Å². The van der Waals surface area contributed by atoms with Gasteiger partial charge in [0.05, 0.1) is 25.1 Å². The lowest BCUT2D eigenvalue weighted by Gasteiger charge is -2.13. The largest absolute Gasteiger partial charge is 0.495 e. The minimum Gasteiger partial charge on any atom is -0.495 e. The van der Waals surface area contributed by atoms with E-state index in [1.54, 1.807) is 18.2 Å². The SMILES string of the molecule is COc1ccc(Cl)cc1S(=O)(=O)Nc1ccc(NCC2CCCO2)nc1. The number of nitrogens with zero attached hydrogens (tertiary/aromatic N) is 1. The zero-order chi connectivity index (χ0) is 18.6. The molecular formula is C17H20ClN3O4S. The van der Waals surface area contributed by atoms with Crippen molar-refractivity contribution in [1.29, 1.82) is 0 Å². The van der Waals surface area contributed by atoms with Gasteiger partial charge in [-0.25, -0.2) is 13.4 Å². The van der Waals surface area contributed by atoms with Crippen molar-refractivity contribution >= 4 is 33.1 Å². The number of aromatic nitrogens is 1. The van der Waals surface area contributed by atoms with Crippen molar-refractivity contribution in [2.75, 3.05) is 30.3 Å². The first-order valence-corrected chi connectivity index (χ1v) is 10.0. The van der Waals surface area contributed by atoms with Crippen LogP contribution in [0.3, 0.4) is 0 Å². The van der Waals surface area contributed by atoms with Gasteiger partial charge in [0, 0.05) is 18.2 Å². The molecule has 7 nitrogen and oxygen atoms in total. The molecule has 2 N–H and O–H groups in total. The molecule has 0 saturated carbocycles. The minimum absolute atomic E-state index is 0.0342. The minimum atomic E-state index is -3.86. The van der Waals surface area contributed by atoms with E-state index >= 15 is 0 Å². The molecule has 3 rings (SSSR count). The van der Waals surface area contributed by atoms with Gasteiger partial charge in [0.15, 0.2) is 0 Å². The fourth-order valence-corrected chi connectivity index (χ4v) is 4.13. The van der Waals surface area contributed by atoms with E-state index in [9.17, 15) is 8.42 Å². The van der Waals surface area contributed by atoms with Crippen molar-refractivity contribution < 1.29 is 17.9 Å². The maximum atomic E-state index is 12.6. The number of pyridine rings is 1. The van der Waals surface area contributed by atoms with E-state index < -0.39 is 10.0 Å². The van der Waals surface area contributed by atoms with Crippen molar-refractivity contribution in [3.8, 4) is 5.75 Å². The van der Waals surface area contributed by atoms with Crippen LogP contribution in [0.25, 0.3) is 0 Å². The Balaban J connectivity index is 1.68. The molecule has 2 heterocycles. The van der Waals surface area contributed by atoms with Gasteiger partial charge in [-0.15, -0.1) is 0 Å². The number of nitrogens with one attached hydrogen (secondary N) is 2. The number of methoxy groups -OCH3 is 1. The lowest BCUT2D eigenvalue weighted by Crippen LogP contribution is -2.19. The van der Waals surface area contributed by atoms with E-state index in [-0.39, 0.29) is 16.7 Å². The molecule has 1 aliphatic heterocycles. The average molecular weight is 398 g/mol. The van der Waals surface area contributed by atoms with Crippen LogP contribution in [0.1, 0.15) is 12.8 Å². The molecule has 1 fully saturated rings. The van der Waals surface area contributed by atoms with E-state index in [0.29, 0.717) is 23.1 Å². The van der Waals surface area contributed by atoms with Gasteiger partial charge in [-0.1, -0.05) is 11.6 Å². The quantitative estimate of drug-likeness (QED) is 0.746. The molecule has 0 radical (unpaired) electrons. The molecule has 0 amide bonds. The second-order valence-corrected chi connectivity index (χ2v) is 7.94. The van der Waals surface area contributed by atoms with Crippen LogP contribution in [0.4, 0.5) is 11.5 Å². The van der Waals surface area contributed by atoms with E-state index in [1.807, 2.05) is 0 Å². The topological polar surface area (TPSA) is 89.6 Å². The van der Waals surface area contributed by atoms with Crippen LogP contribution in [0.2, 0.25) is 5.02 Å². The summed E-state index contributed by atoms with van der Waals surface area (Å²) in [5.41, 5.74) is 0.342. The zero-order valence-corrected chi connectivity index (χ0v) is 15.8. The molecule has 0 bridgehead atoms. The van der Waals surface area contributed by atoms with Gasteiger partial charge >= 0.3 is 0 Å². The first-order valence-electron chi connectivity index (χ1n) is 8.16. The highest BCUT2D eigenvalue weighted by atomic mass is 35.5. The summed E-state index contributed by atoms with van der Waals surface area (Å²) in [6.07, 6.45) is 3.76. The maximum Gasteiger partial charge on any atom is 0.265 e. The molecule has 2 aromatic rings. The number of hydrogen-bond acceptors (Lipinski definition) is 6. The molecule has 140 valence electrons. The first kappa shape index (κ1) is 18.8. The van der Waals surface area contributed by atoms with Crippen LogP contribution in [0, 0.1) is 0 Å². The third-order valence-electron chi connectivity index (χ3n) is 3.97. The van der Waals surface area contributed by atoms with Crippen molar-refractivity contribution in [3.05, 3.63) is 41.6 Å². The fourth-order valence-electron chi connectivity index (χ4n) is 2.65. The monoisotopic (exact) mass is 397 g/mol. The molecule has 1 aliphatic rings. The number of sulfonamides is 1. The third-order valence-corrected chi connectivity index (χ3v) is 5.60. The lowest BCUT2D eigenvalue weighted by atomic mass is 10.2. The van der Waals surface area contributed by atoms with E-state index in [0.717, 1.165) is 19.4 Å². The summed E-state index contributed by atoms with van der Waals surface area (Å²) in [6, 6.07) is 7.76. The molecule has 0 aliphatic carbocycles. The van der Waals surface area contributed by atoms with Crippen molar-refractivity contribution in [3.63, 3.8) is 0 Å². The molecule has 1 aromatic carbocycles. The van der Waals surface area contributed by atoms with Crippen molar-refractivity contribution in [2.24, 2.45) is 0 Å². The number of rotatable bonds is 7. The van der Waals surface area contributed by atoms with Crippen LogP contribution < -0.4 is 14.8 Å². The summed E-state index contributed by atoms with van der Waals surface area (Å²) in [7, 11) is -2.46. The maximum absolute atomic E-state index is 12.6. The van der Waals surface area contributed by atoms with Gasteiger partial charge < -0.3 is 14.8 Å². The average Bonchev–Trinajstić information content (AvgIpc) is 3.14. The predicted molar refractivity (Wildman–Crippen MR) is 101 cm³/mol. The van der Waals surface area contributed by atoms with Gasteiger partial charge in [-0.3, -0.25) is 4.72 Å². The lowest BCUT2D eigenvalue weighted by molar-refractivity contribution is 0.120. The van der Waals surface area contributed by atoms with Gasteiger partial charge in [-0.2, -0.15) is 0 Å². The number of halogens is 1. The summed E-state index contributed by atoms with van der Waals surface area (Å²) in [4.78, 5) is 4.19. The summed E-state index contributed by atoms with van der Waals surface area (Å²) in [5, 5.41) is 3.49. The molecule has 1 atom stereocenters. The second kappa shape index (κ2) is 8.11. The second-order valence-electron chi connectivity index (χ2n) is 5.85. The summed E-state index contributed by atoms with van der Waals surface area (Å²) < 4.78 is 38.3. The summed E-state index contributed by atoms with van der Waals surface area (Å²) in [5.74, 6) is 0.869. The first-order chi connectivity index (χ1) is 12.5. The number of hydrogen-bond donors (Lipinski definition) is 2. The van der Waals surface area contributed by atoms with E-state index in [1.165, 1.54) is 25.4 Å².